The fraction of sp³-hybridized carbons (Fsp3) is 0.0909. The van der Waals surface area contributed by atoms with Gasteiger partial charge < -0.3 is 14.4 Å². The fourth-order valence-corrected chi connectivity index (χ4v) is 3.57. The summed E-state index contributed by atoms with van der Waals surface area (Å²) < 4.78 is 5.30. The van der Waals surface area contributed by atoms with Crippen molar-refractivity contribution in [3.63, 3.8) is 0 Å². The summed E-state index contributed by atoms with van der Waals surface area (Å²) in [6.45, 7) is -0.0835. The van der Waals surface area contributed by atoms with E-state index in [0.29, 0.717) is 11.3 Å². The van der Waals surface area contributed by atoms with Gasteiger partial charge in [-0.1, -0.05) is 42.5 Å². The van der Waals surface area contributed by atoms with Crippen LogP contribution in [0.3, 0.4) is 0 Å². The van der Waals surface area contributed by atoms with Crippen molar-refractivity contribution in [2.45, 2.75) is 12.6 Å². The van der Waals surface area contributed by atoms with Crippen LogP contribution in [0.1, 0.15) is 22.9 Å². The lowest BCUT2D eigenvalue weighted by Crippen LogP contribution is -2.29. The Bertz CT molecular complexity index is 1150. The van der Waals surface area contributed by atoms with Gasteiger partial charge in [-0.15, -0.1) is 0 Å². The second kappa shape index (κ2) is 7.67. The predicted octanol–water partition coefficient (Wildman–Crippen LogP) is 3.81. The minimum absolute atomic E-state index is 0.0835. The molecule has 1 aromatic heterocycles. The SMILES string of the molecule is O=C1C(=O)N(Cc2ccco2)[C@@H](c2ccccc2[N+](=O)[O-])/C1=C(\O)c1ccccc1. The second-order valence-electron chi connectivity index (χ2n) is 6.69. The van der Waals surface area contributed by atoms with Gasteiger partial charge in [-0.2, -0.15) is 0 Å². The Labute approximate surface area is 170 Å². The van der Waals surface area contributed by atoms with Crippen LogP contribution >= 0.6 is 0 Å². The highest BCUT2D eigenvalue weighted by Crippen LogP contribution is 2.43. The molecule has 0 spiro atoms. The highest BCUT2D eigenvalue weighted by atomic mass is 16.6. The topological polar surface area (TPSA) is 114 Å². The molecule has 1 aliphatic rings. The van der Waals surface area contributed by atoms with Gasteiger partial charge in [0, 0.05) is 11.6 Å². The number of hydrogen-bond acceptors (Lipinski definition) is 6. The van der Waals surface area contributed by atoms with Gasteiger partial charge in [-0.3, -0.25) is 19.7 Å². The minimum Gasteiger partial charge on any atom is -0.507 e. The van der Waals surface area contributed by atoms with Crippen LogP contribution in [0.25, 0.3) is 5.76 Å². The van der Waals surface area contributed by atoms with Crippen molar-refractivity contribution in [1.82, 2.24) is 4.90 Å². The van der Waals surface area contributed by atoms with Crippen molar-refractivity contribution in [2.24, 2.45) is 0 Å². The summed E-state index contributed by atoms with van der Waals surface area (Å²) in [7, 11) is 0. The van der Waals surface area contributed by atoms with Crippen LogP contribution in [0.2, 0.25) is 0 Å². The molecular formula is C22H16N2O6. The molecule has 1 aliphatic heterocycles. The molecule has 0 saturated carbocycles. The van der Waals surface area contributed by atoms with Gasteiger partial charge in [0.15, 0.2) is 0 Å². The van der Waals surface area contributed by atoms with E-state index in [-0.39, 0.29) is 29.1 Å². The van der Waals surface area contributed by atoms with E-state index in [0.717, 1.165) is 0 Å². The molecule has 150 valence electrons. The van der Waals surface area contributed by atoms with Gasteiger partial charge >= 0.3 is 0 Å². The maximum atomic E-state index is 12.9. The second-order valence-corrected chi connectivity index (χ2v) is 6.69. The number of nitrogens with zero attached hydrogens (tertiary/aromatic N) is 2. The number of carbonyl (C=O) groups is 2. The van der Waals surface area contributed by atoms with Gasteiger partial charge in [0.05, 0.1) is 34.9 Å². The molecule has 3 aromatic rings. The number of para-hydroxylation sites is 1. The van der Waals surface area contributed by atoms with Crippen LogP contribution in [0.5, 0.6) is 0 Å². The number of aliphatic hydroxyl groups excluding tert-OH is 1. The maximum absolute atomic E-state index is 12.9. The number of furan rings is 1. The number of rotatable bonds is 5. The number of carbonyl (C=O) groups excluding carboxylic acids is 2. The Morgan fingerprint density at radius 3 is 2.40 bits per heavy atom. The summed E-state index contributed by atoms with van der Waals surface area (Å²) in [6, 6.07) is 16.2. The van der Waals surface area contributed by atoms with Crippen LogP contribution < -0.4 is 0 Å². The maximum Gasteiger partial charge on any atom is 0.296 e. The Kier molecular flexibility index (Phi) is 4.89. The normalized spacial score (nSPS) is 18.0. The van der Waals surface area contributed by atoms with Crippen LogP contribution in [-0.4, -0.2) is 26.6 Å². The van der Waals surface area contributed by atoms with Gasteiger partial charge in [0.1, 0.15) is 11.5 Å². The molecular weight excluding hydrogens is 388 g/mol. The zero-order valence-corrected chi connectivity index (χ0v) is 15.6. The summed E-state index contributed by atoms with van der Waals surface area (Å²) in [5.74, 6) is -1.77. The number of nitro benzene ring substituents is 1. The molecule has 0 unspecified atom stereocenters. The molecule has 2 aromatic carbocycles. The number of likely N-dealkylation sites (tertiary alicyclic amines) is 1. The summed E-state index contributed by atoms with van der Waals surface area (Å²) in [6.07, 6.45) is 1.43. The van der Waals surface area contributed by atoms with E-state index in [1.165, 1.54) is 29.4 Å². The molecule has 8 heteroatoms. The molecule has 0 bridgehead atoms. The zero-order chi connectivity index (χ0) is 21.3. The van der Waals surface area contributed by atoms with Crippen LogP contribution in [-0.2, 0) is 16.1 Å². The lowest BCUT2D eigenvalue weighted by Gasteiger charge is -2.24. The first kappa shape index (κ1) is 19.1. The van der Waals surface area contributed by atoms with Crippen LogP contribution in [0, 0.1) is 10.1 Å². The third-order valence-electron chi connectivity index (χ3n) is 4.92. The summed E-state index contributed by atoms with van der Waals surface area (Å²) in [5.41, 5.74) is 0.00248. The number of amides is 1. The zero-order valence-electron chi connectivity index (χ0n) is 15.6. The lowest BCUT2D eigenvalue weighted by atomic mass is 9.94. The van der Waals surface area contributed by atoms with E-state index in [2.05, 4.69) is 0 Å². The highest BCUT2D eigenvalue weighted by Gasteiger charge is 2.48. The van der Waals surface area contributed by atoms with Gasteiger partial charge in [-0.25, -0.2) is 0 Å². The number of hydrogen-bond donors (Lipinski definition) is 1. The Balaban J connectivity index is 1.94. The van der Waals surface area contributed by atoms with Crippen molar-refractivity contribution in [3.8, 4) is 0 Å². The molecule has 4 rings (SSSR count). The van der Waals surface area contributed by atoms with E-state index >= 15 is 0 Å². The quantitative estimate of drug-likeness (QED) is 0.227. The van der Waals surface area contributed by atoms with E-state index in [4.69, 9.17) is 4.42 Å². The highest BCUT2D eigenvalue weighted by molar-refractivity contribution is 6.46. The predicted molar refractivity (Wildman–Crippen MR) is 106 cm³/mol. The number of nitro groups is 1. The Morgan fingerprint density at radius 2 is 1.73 bits per heavy atom. The molecule has 1 amide bonds. The van der Waals surface area contributed by atoms with Gasteiger partial charge in [0.25, 0.3) is 17.4 Å². The molecule has 1 atom stereocenters. The third kappa shape index (κ3) is 3.24. The van der Waals surface area contributed by atoms with Crippen molar-refractivity contribution in [3.05, 3.63) is 106 Å². The van der Waals surface area contributed by atoms with E-state index < -0.39 is 22.7 Å². The number of ketones is 1. The van der Waals surface area contributed by atoms with Crippen molar-refractivity contribution in [1.29, 1.82) is 0 Å². The fourth-order valence-electron chi connectivity index (χ4n) is 3.57. The third-order valence-corrected chi connectivity index (χ3v) is 4.92. The molecule has 1 saturated heterocycles. The first-order chi connectivity index (χ1) is 14.5. The summed E-state index contributed by atoms with van der Waals surface area (Å²) >= 11 is 0. The Hall–Kier alpha value is -4.20. The first-order valence-electron chi connectivity index (χ1n) is 9.08. The average Bonchev–Trinajstić information content (AvgIpc) is 3.36. The number of benzene rings is 2. The summed E-state index contributed by atoms with van der Waals surface area (Å²) in [5, 5.41) is 22.5. The monoisotopic (exact) mass is 404 g/mol. The van der Waals surface area contributed by atoms with Crippen molar-refractivity contribution < 1.29 is 24.0 Å². The average molecular weight is 404 g/mol. The first-order valence-corrected chi connectivity index (χ1v) is 9.08. The van der Waals surface area contributed by atoms with E-state index in [1.54, 1.807) is 48.5 Å². The van der Waals surface area contributed by atoms with Crippen molar-refractivity contribution in [2.75, 3.05) is 0 Å². The Morgan fingerprint density at radius 1 is 1.03 bits per heavy atom. The van der Waals surface area contributed by atoms with Crippen molar-refractivity contribution >= 4 is 23.1 Å². The standard InChI is InChI=1S/C22H16N2O6/c25-20(14-7-2-1-3-8-14)18-19(16-10-4-5-11-17(16)24(28)29)23(22(27)21(18)26)13-15-9-6-12-30-15/h1-12,19,25H,13H2/b20-18+/t19-/m0/s1. The molecule has 8 nitrogen and oxygen atoms in total. The van der Waals surface area contributed by atoms with E-state index in [9.17, 15) is 24.8 Å². The lowest BCUT2D eigenvalue weighted by molar-refractivity contribution is -0.385. The molecule has 30 heavy (non-hydrogen) atoms. The van der Waals surface area contributed by atoms with Gasteiger partial charge in [-0.05, 0) is 18.2 Å². The number of Topliss-reactive ketones (excluding diaryl/α,β-unsaturated/α-hetero) is 1. The van der Waals surface area contributed by atoms with E-state index in [1.807, 2.05) is 0 Å². The van der Waals surface area contributed by atoms with Crippen LogP contribution in [0.15, 0.2) is 83.0 Å². The summed E-state index contributed by atoms with van der Waals surface area (Å²) in [4.78, 5) is 38.0. The smallest absolute Gasteiger partial charge is 0.296 e. The molecule has 2 heterocycles. The molecule has 1 N–H and O–H groups in total. The molecule has 0 radical (unpaired) electrons. The van der Waals surface area contributed by atoms with Crippen LogP contribution in [0.4, 0.5) is 5.69 Å². The largest absolute Gasteiger partial charge is 0.507 e. The minimum atomic E-state index is -1.14. The molecule has 0 aliphatic carbocycles. The molecule has 1 fully saturated rings. The number of aliphatic hydroxyl groups is 1. The van der Waals surface area contributed by atoms with Gasteiger partial charge in [0.2, 0.25) is 0 Å².